The zero-order valence-corrected chi connectivity index (χ0v) is 54.3. The van der Waals surface area contributed by atoms with E-state index < -0.39 is 0 Å². The normalized spacial score (nSPS) is 13.7. The molecule has 22 rings (SSSR count). The molecule has 0 amide bonds. The van der Waals surface area contributed by atoms with Crippen LogP contribution in [0.2, 0.25) is 0 Å². The van der Waals surface area contributed by atoms with E-state index in [0.717, 1.165) is 26.8 Å². The highest BCUT2D eigenvalue weighted by Crippen LogP contribution is 2.55. The summed E-state index contributed by atoms with van der Waals surface area (Å²) in [6, 6.07) is 101. The minimum atomic E-state index is -0.175. The van der Waals surface area contributed by atoms with E-state index in [-0.39, 0.29) is 10.8 Å². The third kappa shape index (κ3) is 7.82. The Labute approximate surface area is 555 Å². The summed E-state index contributed by atoms with van der Waals surface area (Å²) in [5.41, 5.74) is 20.4. The third-order valence-corrected chi connectivity index (χ3v) is 21.9. The van der Waals surface area contributed by atoms with E-state index in [1.807, 2.05) is 12.1 Å². The molecule has 0 saturated carbocycles. The van der Waals surface area contributed by atoms with Crippen LogP contribution in [0.15, 0.2) is 292 Å². The summed E-state index contributed by atoms with van der Waals surface area (Å²) in [5.74, 6) is 0. The zero-order valence-electron chi connectivity index (χ0n) is 52.7. The van der Waals surface area contributed by atoms with Crippen LogP contribution >= 0.6 is 15.9 Å². The Morgan fingerprint density at radius 1 is 0.263 bits per heavy atom. The number of nitrogens with zero attached hydrogens (tertiary/aromatic N) is 1. The van der Waals surface area contributed by atoms with E-state index in [1.165, 1.54) is 180 Å². The minimum Gasteiger partial charge on any atom is -0.456 e. The Hall–Kier alpha value is -11.2. The summed E-state index contributed by atoms with van der Waals surface area (Å²) in [4.78, 5) is 3.61. The molecule has 448 valence electrons. The van der Waals surface area contributed by atoms with Crippen molar-refractivity contribution >= 4 is 168 Å². The molecule has 0 spiro atoms. The van der Waals surface area contributed by atoms with Gasteiger partial charge in [-0.05, 0) is 206 Å². The van der Waals surface area contributed by atoms with Gasteiger partial charge in [0.25, 0.3) is 0 Å². The number of aromatic amines is 1. The van der Waals surface area contributed by atoms with E-state index >= 15 is 0 Å². The predicted octanol–water partition coefficient (Wildman–Crippen LogP) is 25.9. The lowest BCUT2D eigenvalue weighted by molar-refractivity contribution is 0.647. The zero-order chi connectivity index (χ0) is 63.2. The molecule has 0 fully saturated rings. The molecule has 2 aliphatic carbocycles. The summed E-state index contributed by atoms with van der Waals surface area (Å²) < 4.78 is 16.1. The number of fused-ring (bicyclic) bond motifs is 30. The van der Waals surface area contributed by atoms with Crippen molar-refractivity contribution in [1.29, 1.82) is 0 Å². The van der Waals surface area contributed by atoms with Gasteiger partial charge in [-0.3, -0.25) is 0 Å². The molecular weight excluding hydrogens is 1220 g/mol. The molecule has 0 atom stereocenters. The van der Waals surface area contributed by atoms with Gasteiger partial charge in [-0.1, -0.05) is 226 Å². The highest BCUT2D eigenvalue weighted by atomic mass is 79.9. The number of hydrogen-bond donors (Lipinski definition) is 1. The van der Waals surface area contributed by atoms with Crippen molar-refractivity contribution in [3.05, 3.63) is 306 Å². The van der Waals surface area contributed by atoms with E-state index in [9.17, 15) is 0 Å². The number of rotatable bonds is 1. The van der Waals surface area contributed by atoms with Gasteiger partial charge in [0.15, 0.2) is 0 Å². The molecule has 0 saturated heterocycles. The Balaban J connectivity index is 0.000000109. The van der Waals surface area contributed by atoms with Crippen molar-refractivity contribution < 1.29 is 8.83 Å². The maximum atomic E-state index is 6.36. The quantitative estimate of drug-likeness (QED) is 0.167. The van der Waals surface area contributed by atoms with Crippen molar-refractivity contribution in [2.24, 2.45) is 0 Å². The van der Waals surface area contributed by atoms with Gasteiger partial charge in [-0.15, -0.1) is 0 Å². The summed E-state index contributed by atoms with van der Waals surface area (Å²) in [6.07, 6.45) is 0. The molecule has 95 heavy (non-hydrogen) atoms. The molecule has 4 nitrogen and oxygen atoms in total. The van der Waals surface area contributed by atoms with Gasteiger partial charge in [0, 0.05) is 75.1 Å². The second-order valence-electron chi connectivity index (χ2n) is 27.2. The molecule has 0 unspecified atom stereocenters. The van der Waals surface area contributed by atoms with Crippen LogP contribution < -0.4 is 0 Å². The van der Waals surface area contributed by atoms with Crippen LogP contribution in [-0.4, -0.2) is 9.55 Å². The van der Waals surface area contributed by atoms with Gasteiger partial charge in [0.1, 0.15) is 22.3 Å². The highest BCUT2D eigenvalue weighted by molar-refractivity contribution is 9.10. The SMILES string of the molecule is Brc1ccc2c3ccccc3c3ccccc3c2c1.CC1(C)c2cc3[nH]c4ccccc4c3cc2-c2cc3c(cc21)oc1ccccc13.CC1(C)c2cc3oc4ccccc4c3cc2-c2cc3c4ccccc4n(-c4ccc5c6ccccc6c6ccccc6c5c4)c3cc21. The van der Waals surface area contributed by atoms with Crippen LogP contribution in [-0.2, 0) is 10.8 Å². The second-order valence-corrected chi connectivity index (χ2v) is 28.1. The fourth-order valence-corrected chi connectivity index (χ4v) is 17.3. The van der Waals surface area contributed by atoms with Crippen molar-refractivity contribution in [3.8, 4) is 27.9 Å². The molecule has 20 aromatic rings. The lowest BCUT2D eigenvalue weighted by Gasteiger charge is -2.22. The molecule has 4 heterocycles. The van der Waals surface area contributed by atoms with Crippen LogP contribution in [0.5, 0.6) is 0 Å². The van der Waals surface area contributed by atoms with E-state index in [1.54, 1.807) is 0 Å². The van der Waals surface area contributed by atoms with Crippen LogP contribution in [0.1, 0.15) is 49.9 Å². The molecule has 0 bridgehead atoms. The number of aromatic nitrogens is 2. The Bertz CT molecular complexity index is 6550. The summed E-state index contributed by atoms with van der Waals surface area (Å²) >= 11 is 3.58. The first-order chi connectivity index (χ1) is 46.5. The number of hydrogen-bond acceptors (Lipinski definition) is 2. The first-order valence-corrected chi connectivity index (χ1v) is 33.7. The number of benzene rings is 16. The number of halogens is 1. The average Bonchev–Trinajstić information content (AvgIpc) is 1.58. The summed E-state index contributed by atoms with van der Waals surface area (Å²) in [6.45, 7) is 9.36. The topological polar surface area (TPSA) is 47.0 Å². The maximum Gasteiger partial charge on any atom is 0.135 e. The smallest absolute Gasteiger partial charge is 0.135 e. The predicted molar refractivity (Wildman–Crippen MR) is 405 cm³/mol. The number of furan rings is 2. The lowest BCUT2D eigenvalue weighted by Crippen LogP contribution is -2.15. The molecule has 0 aliphatic heterocycles. The number of nitrogens with one attached hydrogen (secondary N) is 1. The van der Waals surface area contributed by atoms with Crippen LogP contribution in [0.4, 0.5) is 0 Å². The van der Waals surface area contributed by atoms with Gasteiger partial charge >= 0.3 is 0 Å². The van der Waals surface area contributed by atoms with Crippen molar-refractivity contribution in [2.75, 3.05) is 0 Å². The largest absolute Gasteiger partial charge is 0.456 e. The van der Waals surface area contributed by atoms with Gasteiger partial charge in [-0.25, -0.2) is 0 Å². The molecule has 16 aromatic carbocycles. The van der Waals surface area contributed by atoms with Crippen LogP contribution in [0, 0.1) is 0 Å². The van der Waals surface area contributed by atoms with Crippen LogP contribution in [0.25, 0.3) is 180 Å². The average molecular weight is 1280 g/mol. The van der Waals surface area contributed by atoms with Crippen molar-refractivity contribution in [1.82, 2.24) is 9.55 Å². The maximum absolute atomic E-state index is 6.36. The van der Waals surface area contributed by atoms with E-state index in [2.05, 4.69) is 320 Å². The first kappa shape index (κ1) is 54.3. The summed E-state index contributed by atoms with van der Waals surface area (Å²) in [7, 11) is 0. The fourth-order valence-electron chi connectivity index (χ4n) is 16.9. The molecule has 1 N–H and O–H groups in total. The molecule has 4 aromatic heterocycles. The van der Waals surface area contributed by atoms with Gasteiger partial charge in [-0.2, -0.15) is 0 Å². The Morgan fingerprint density at radius 3 is 1.17 bits per heavy atom. The number of para-hydroxylation sites is 4. The first-order valence-electron chi connectivity index (χ1n) is 32.9. The van der Waals surface area contributed by atoms with Gasteiger partial charge < -0.3 is 18.4 Å². The molecule has 0 radical (unpaired) electrons. The minimum absolute atomic E-state index is 0.0662. The second kappa shape index (κ2) is 19.9. The van der Waals surface area contributed by atoms with Crippen LogP contribution in [0.3, 0.4) is 0 Å². The van der Waals surface area contributed by atoms with Crippen molar-refractivity contribution in [3.63, 3.8) is 0 Å². The molecule has 2 aliphatic rings. The monoisotopic (exact) mass is 1280 g/mol. The molecular formula is C90H59BrN2O2. The van der Waals surface area contributed by atoms with E-state index in [4.69, 9.17) is 8.83 Å². The van der Waals surface area contributed by atoms with Gasteiger partial charge in [0.2, 0.25) is 0 Å². The van der Waals surface area contributed by atoms with Gasteiger partial charge in [0.05, 0.1) is 11.0 Å². The van der Waals surface area contributed by atoms with Crippen molar-refractivity contribution in [2.45, 2.75) is 38.5 Å². The van der Waals surface area contributed by atoms with E-state index in [0.29, 0.717) is 0 Å². The number of H-pyrrole nitrogens is 1. The third-order valence-electron chi connectivity index (χ3n) is 21.5. The lowest BCUT2D eigenvalue weighted by atomic mass is 9.82. The standard InChI is InChI=1S/C45H29NO.C27H19NO.C18H11Br/c1-45(2)39-24-42-37(22-35(39)36-23-38-33-16-8-10-18-43(33)47-44(38)25-40(36)45)32-15-7-9-17-41(32)46(42)26-19-20-31-29-13-4-3-11-27(29)28-12-5-6-14-30(28)34(31)21-26;1-27(2)21-13-24-19(15-7-3-5-9-23(15)28-24)11-17(21)18-12-20-16-8-4-6-10-25(16)29-26(20)14-22(18)27;19-12-9-10-17-15-7-2-1-5-13(15)14-6-3-4-8-16(14)18(17)11-12/h3-25H,1-2H3;3-14,28H,1-2H3;1-11H. The Kier molecular flexibility index (Phi) is 11.4. The summed E-state index contributed by atoms with van der Waals surface area (Å²) in [5, 5.41) is 25.5. The molecule has 5 heteroatoms. The fraction of sp³-hybridized carbons (Fsp3) is 0.0667. The highest BCUT2D eigenvalue weighted by Gasteiger charge is 2.39. The Morgan fingerprint density at radius 2 is 0.642 bits per heavy atom.